The SMILES string of the molecule is CCc1ccc(C(Br)COc2ccc(C=C3CSCN3)cc2)nc1. The lowest BCUT2D eigenvalue weighted by Crippen LogP contribution is -2.06. The van der Waals surface area contributed by atoms with E-state index in [1.807, 2.05) is 30.1 Å². The average molecular weight is 405 g/mol. The summed E-state index contributed by atoms with van der Waals surface area (Å²) in [5, 5.41) is 3.37. The van der Waals surface area contributed by atoms with E-state index in [2.05, 4.69) is 63.5 Å². The molecule has 0 bridgehead atoms. The number of halogens is 1. The number of rotatable bonds is 6. The number of nitrogens with zero attached hydrogens (tertiary/aromatic N) is 1. The molecule has 0 amide bonds. The Bertz CT molecular complexity index is 678. The van der Waals surface area contributed by atoms with E-state index in [0.29, 0.717) is 6.61 Å². The summed E-state index contributed by atoms with van der Waals surface area (Å²) in [6, 6.07) is 12.4. The number of benzene rings is 1. The molecule has 0 saturated carbocycles. The Labute approximate surface area is 156 Å². The van der Waals surface area contributed by atoms with Gasteiger partial charge in [-0.3, -0.25) is 4.98 Å². The molecule has 126 valence electrons. The molecule has 3 rings (SSSR count). The van der Waals surface area contributed by atoms with Crippen molar-refractivity contribution in [3.05, 3.63) is 65.1 Å². The van der Waals surface area contributed by atoms with Gasteiger partial charge in [0, 0.05) is 17.6 Å². The molecular formula is C19H21BrN2OS. The van der Waals surface area contributed by atoms with Crippen LogP contribution in [-0.4, -0.2) is 23.2 Å². The fourth-order valence-corrected chi connectivity index (χ4v) is 3.59. The van der Waals surface area contributed by atoms with Gasteiger partial charge in [0.25, 0.3) is 0 Å². The maximum Gasteiger partial charge on any atom is 0.119 e. The molecule has 2 heterocycles. The molecule has 3 nitrogen and oxygen atoms in total. The van der Waals surface area contributed by atoms with Crippen molar-refractivity contribution in [2.24, 2.45) is 0 Å². The van der Waals surface area contributed by atoms with E-state index in [1.54, 1.807) is 0 Å². The highest BCUT2D eigenvalue weighted by Gasteiger charge is 2.10. The van der Waals surface area contributed by atoms with E-state index < -0.39 is 0 Å². The van der Waals surface area contributed by atoms with E-state index in [9.17, 15) is 0 Å². The smallest absolute Gasteiger partial charge is 0.119 e. The molecule has 0 aliphatic carbocycles. The lowest BCUT2D eigenvalue weighted by atomic mass is 10.2. The summed E-state index contributed by atoms with van der Waals surface area (Å²) < 4.78 is 5.88. The van der Waals surface area contributed by atoms with Crippen molar-refractivity contribution in [2.45, 2.75) is 18.2 Å². The van der Waals surface area contributed by atoms with Crippen LogP contribution >= 0.6 is 27.7 Å². The first-order valence-corrected chi connectivity index (χ1v) is 10.2. The van der Waals surface area contributed by atoms with Crippen molar-refractivity contribution in [2.75, 3.05) is 18.2 Å². The van der Waals surface area contributed by atoms with Crippen LogP contribution in [-0.2, 0) is 6.42 Å². The first kappa shape index (κ1) is 17.4. The minimum Gasteiger partial charge on any atom is -0.492 e. The molecule has 1 fully saturated rings. The van der Waals surface area contributed by atoms with Crippen LogP contribution in [0, 0.1) is 0 Å². The van der Waals surface area contributed by atoms with Gasteiger partial charge in [-0.25, -0.2) is 0 Å². The molecule has 0 radical (unpaired) electrons. The molecule has 1 saturated heterocycles. The molecule has 2 aromatic rings. The van der Waals surface area contributed by atoms with Gasteiger partial charge in [0.2, 0.25) is 0 Å². The van der Waals surface area contributed by atoms with Crippen molar-refractivity contribution in [3.63, 3.8) is 0 Å². The van der Waals surface area contributed by atoms with Crippen LogP contribution in [0.1, 0.15) is 28.6 Å². The van der Waals surface area contributed by atoms with Crippen molar-refractivity contribution >= 4 is 33.8 Å². The molecule has 24 heavy (non-hydrogen) atoms. The molecule has 1 aromatic carbocycles. The lowest BCUT2D eigenvalue weighted by molar-refractivity contribution is 0.319. The van der Waals surface area contributed by atoms with Crippen LogP contribution < -0.4 is 10.1 Å². The number of hydrogen-bond donors (Lipinski definition) is 1. The van der Waals surface area contributed by atoms with E-state index in [4.69, 9.17) is 4.74 Å². The number of aromatic nitrogens is 1. The van der Waals surface area contributed by atoms with Crippen LogP contribution in [0.3, 0.4) is 0 Å². The molecule has 1 N–H and O–H groups in total. The maximum absolute atomic E-state index is 5.88. The van der Waals surface area contributed by atoms with Gasteiger partial charge in [-0.1, -0.05) is 41.1 Å². The second kappa shape index (κ2) is 8.58. The maximum atomic E-state index is 5.88. The highest BCUT2D eigenvalue weighted by atomic mass is 79.9. The van der Waals surface area contributed by atoms with Crippen molar-refractivity contribution in [3.8, 4) is 5.75 Å². The summed E-state index contributed by atoms with van der Waals surface area (Å²) in [5.41, 5.74) is 4.73. The minimum absolute atomic E-state index is 0.0879. The topological polar surface area (TPSA) is 34.1 Å². The highest BCUT2D eigenvalue weighted by Crippen LogP contribution is 2.23. The Kier molecular flexibility index (Phi) is 6.21. The summed E-state index contributed by atoms with van der Waals surface area (Å²) in [7, 11) is 0. The summed E-state index contributed by atoms with van der Waals surface area (Å²) >= 11 is 5.56. The summed E-state index contributed by atoms with van der Waals surface area (Å²) in [6.07, 6.45) is 5.13. The Morgan fingerprint density at radius 3 is 2.75 bits per heavy atom. The summed E-state index contributed by atoms with van der Waals surface area (Å²) in [5.74, 6) is 2.95. The van der Waals surface area contributed by atoms with Crippen LogP contribution in [0.5, 0.6) is 5.75 Å². The number of aryl methyl sites for hydroxylation is 1. The van der Waals surface area contributed by atoms with Crippen molar-refractivity contribution in [1.29, 1.82) is 0 Å². The fraction of sp³-hybridized carbons (Fsp3) is 0.316. The molecule has 1 aliphatic heterocycles. The van der Waals surface area contributed by atoms with Crippen LogP contribution in [0.15, 0.2) is 48.3 Å². The Morgan fingerprint density at radius 2 is 2.12 bits per heavy atom. The first-order chi connectivity index (χ1) is 11.7. The van der Waals surface area contributed by atoms with Gasteiger partial charge >= 0.3 is 0 Å². The van der Waals surface area contributed by atoms with Gasteiger partial charge in [-0.2, -0.15) is 0 Å². The van der Waals surface area contributed by atoms with E-state index in [0.717, 1.165) is 29.5 Å². The standard InChI is InChI=1S/C19H21BrN2OS/c1-2-14-5-8-19(21-10-14)18(20)11-23-17-6-3-15(4-7-17)9-16-12-24-13-22-16/h3-10,18,22H,2,11-13H2,1H3. The molecular weight excluding hydrogens is 384 g/mol. The second-order valence-electron chi connectivity index (χ2n) is 5.63. The molecule has 0 spiro atoms. The monoisotopic (exact) mass is 404 g/mol. The Hall–Kier alpha value is -1.46. The lowest BCUT2D eigenvalue weighted by Gasteiger charge is -2.12. The summed E-state index contributed by atoms with van der Waals surface area (Å²) in [4.78, 5) is 4.58. The van der Waals surface area contributed by atoms with Crippen LogP contribution in [0.4, 0.5) is 0 Å². The third-order valence-electron chi connectivity index (χ3n) is 3.85. The van der Waals surface area contributed by atoms with Gasteiger partial charge in [-0.15, -0.1) is 11.8 Å². The van der Waals surface area contributed by atoms with E-state index in [1.165, 1.54) is 16.8 Å². The van der Waals surface area contributed by atoms with Gasteiger partial charge in [0.05, 0.1) is 16.4 Å². The third kappa shape index (κ3) is 4.77. The normalized spacial score (nSPS) is 16.8. The first-order valence-electron chi connectivity index (χ1n) is 8.08. The van der Waals surface area contributed by atoms with Gasteiger partial charge in [0.1, 0.15) is 12.4 Å². The number of thioether (sulfide) groups is 1. The number of pyridine rings is 1. The predicted molar refractivity (Wildman–Crippen MR) is 106 cm³/mol. The highest BCUT2D eigenvalue weighted by molar-refractivity contribution is 9.09. The minimum atomic E-state index is 0.0879. The number of nitrogens with one attached hydrogen (secondary N) is 1. The van der Waals surface area contributed by atoms with Crippen molar-refractivity contribution in [1.82, 2.24) is 10.3 Å². The van der Waals surface area contributed by atoms with E-state index >= 15 is 0 Å². The largest absolute Gasteiger partial charge is 0.492 e. The zero-order valence-corrected chi connectivity index (χ0v) is 16.1. The van der Waals surface area contributed by atoms with E-state index in [-0.39, 0.29) is 4.83 Å². The fourth-order valence-electron chi connectivity index (χ4n) is 2.40. The molecule has 1 aliphatic rings. The molecule has 1 atom stereocenters. The number of alkyl halides is 1. The zero-order chi connectivity index (χ0) is 16.8. The quantitative estimate of drug-likeness (QED) is 0.701. The zero-order valence-electron chi connectivity index (χ0n) is 13.7. The predicted octanol–water partition coefficient (Wildman–Crippen LogP) is 4.79. The van der Waals surface area contributed by atoms with Crippen LogP contribution in [0.25, 0.3) is 6.08 Å². The van der Waals surface area contributed by atoms with Gasteiger partial charge in [-0.05, 0) is 41.8 Å². The third-order valence-corrected chi connectivity index (χ3v) is 5.45. The molecule has 1 unspecified atom stereocenters. The van der Waals surface area contributed by atoms with Gasteiger partial charge in [0.15, 0.2) is 0 Å². The molecule has 5 heteroatoms. The Morgan fingerprint density at radius 1 is 1.29 bits per heavy atom. The second-order valence-corrected chi connectivity index (χ2v) is 7.72. The van der Waals surface area contributed by atoms with Gasteiger partial charge < -0.3 is 10.1 Å². The number of hydrogen-bond acceptors (Lipinski definition) is 4. The Balaban J connectivity index is 1.54. The average Bonchev–Trinajstić information content (AvgIpc) is 3.14. The number of ether oxygens (including phenoxy) is 1. The van der Waals surface area contributed by atoms with Crippen molar-refractivity contribution < 1.29 is 4.74 Å². The van der Waals surface area contributed by atoms with Crippen LogP contribution in [0.2, 0.25) is 0 Å². The molecule has 1 aromatic heterocycles. The summed E-state index contributed by atoms with van der Waals surface area (Å²) in [6.45, 7) is 2.68.